The zero-order valence-corrected chi connectivity index (χ0v) is 38.0. The van der Waals surface area contributed by atoms with Crippen molar-refractivity contribution in [2.45, 2.75) is 115 Å². The highest BCUT2D eigenvalue weighted by Crippen LogP contribution is 2.43. The maximum absolute atomic E-state index is 14.6. The minimum absolute atomic E-state index is 0.0656. The molecule has 3 saturated heterocycles. The summed E-state index contributed by atoms with van der Waals surface area (Å²) in [5.74, 6) is -0.825. The van der Waals surface area contributed by atoms with Crippen molar-refractivity contribution in [2.75, 3.05) is 40.4 Å². The number of aliphatic imine (C=N–C) groups is 1. The number of imide groups is 1. The molecule has 0 bridgehead atoms. The Bertz CT molecular complexity index is 2440. The molecule has 4 amide bonds. The van der Waals surface area contributed by atoms with Gasteiger partial charge in [0.1, 0.15) is 18.4 Å². The van der Waals surface area contributed by atoms with Gasteiger partial charge < -0.3 is 25.4 Å². The van der Waals surface area contributed by atoms with Crippen LogP contribution in [0.2, 0.25) is 0 Å². The Labute approximate surface area is 373 Å². The number of fused-ring (bicyclic) bond motifs is 2. The number of aryl methyl sites for hydroxylation is 1. The topological polar surface area (TPSA) is 183 Å². The maximum Gasteiger partial charge on any atom is 0.329 e. The summed E-state index contributed by atoms with van der Waals surface area (Å²) in [5.41, 5.74) is 12.3. The molecule has 0 spiro atoms. The molecule has 5 aliphatic rings. The van der Waals surface area contributed by atoms with Crippen LogP contribution in [0.15, 0.2) is 45.7 Å². The van der Waals surface area contributed by atoms with Crippen LogP contribution in [0.3, 0.4) is 0 Å². The summed E-state index contributed by atoms with van der Waals surface area (Å²) in [6, 6.07) is 8.46. The van der Waals surface area contributed by atoms with Crippen molar-refractivity contribution in [2.24, 2.45) is 35.5 Å². The van der Waals surface area contributed by atoms with Crippen molar-refractivity contribution >= 4 is 46.1 Å². The Morgan fingerprint density at radius 2 is 1.75 bits per heavy atom. The van der Waals surface area contributed by atoms with Gasteiger partial charge >= 0.3 is 5.69 Å². The third kappa shape index (κ3) is 8.62. The van der Waals surface area contributed by atoms with Crippen LogP contribution in [0.4, 0.5) is 4.39 Å². The predicted octanol–water partition coefficient (Wildman–Crippen LogP) is 4.63. The number of imidazole rings is 1. The number of amides is 4. The Morgan fingerprint density at radius 1 is 1.02 bits per heavy atom. The standard InChI is InChI=1S/C48H63FN8O7/c1-7-32-36(52-46(61)42(32)49)25-64-47-34-22-39(63-6)35(44(50)59)21-33(34)41(27(3)51-47)26(2)29-13-11-28(12-14-29)23-54(4)31-17-19-56(20-18-31)24-30-9-8-10-37-43(30)55(5)48(62)57(37)38-15-16-40(58)53-45(38)60/h8-10,21-22,27-29,31-32,36,38,42H,7,11-20,23-25H2,1-6H3,(H2,50,59)(H,52,61)(H,53,58,60)/b41-26-/t27?,28-,29-,32-,36+,38?,42-/m0/s1. The number of ether oxygens (including phenoxy) is 2. The number of aromatic nitrogens is 2. The first kappa shape index (κ1) is 45.2. The van der Waals surface area contributed by atoms with Gasteiger partial charge in [-0.25, -0.2) is 14.2 Å². The molecule has 1 aliphatic carbocycles. The molecule has 4 aliphatic heterocycles. The van der Waals surface area contributed by atoms with Crippen LogP contribution in [-0.4, -0.2) is 113 Å². The highest BCUT2D eigenvalue weighted by molar-refractivity contribution is 6.06. The molecule has 1 aromatic heterocycles. The van der Waals surface area contributed by atoms with Gasteiger partial charge in [-0.1, -0.05) is 24.6 Å². The van der Waals surface area contributed by atoms with Crippen LogP contribution >= 0.6 is 0 Å². The van der Waals surface area contributed by atoms with Gasteiger partial charge in [-0.3, -0.25) is 38.5 Å². The fourth-order valence-corrected chi connectivity index (χ4v) is 11.3. The number of likely N-dealkylation sites (tertiary alicyclic amines) is 1. The summed E-state index contributed by atoms with van der Waals surface area (Å²) >= 11 is 0. The minimum atomic E-state index is -1.57. The van der Waals surface area contributed by atoms with E-state index >= 15 is 0 Å². The molecular formula is C48H63FN8O7. The monoisotopic (exact) mass is 882 g/mol. The number of nitrogens with two attached hydrogens (primary N) is 1. The number of carbonyl (C=O) groups excluding carboxylic acids is 4. The third-order valence-corrected chi connectivity index (χ3v) is 14.9. The van der Waals surface area contributed by atoms with E-state index in [2.05, 4.69) is 40.5 Å². The molecule has 2 aromatic carbocycles. The minimum Gasteiger partial charge on any atom is -0.496 e. The second-order valence-corrected chi connectivity index (χ2v) is 18.7. The van der Waals surface area contributed by atoms with Crippen molar-refractivity contribution in [3.8, 4) is 5.75 Å². The normalized spacial score (nSPS) is 27.6. The smallest absolute Gasteiger partial charge is 0.329 e. The second-order valence-electron chi connectivity index (χ2n) is 18.7. The number of primary amides is 1. The SMILES string of the molecule is CC[C@@H]1[C@H](F)C(=O)N[C@@H]1COC1=NC(C)/C(=C(\C)[C@H]2CC[C@H](CN(C)C3CCN(Cc4cccc5c4n(C)c(=O)n5C4CCC(=O)NC4=O)CC3)CC2)c2cc(C(N)=O)c(OC)cc21. The Balaban J connectivity index is 0.892. The van der Waals surface area contributed by atoms with E-state index in [0.29, 0.717) is 54.5 Å². The lowest BCUT2D eigenvalue weighted by Gasteiger charge is -2.39. The first-order valence-electron chi connectivity index (χ1n) is 23.0. The van der Waals surface area contributed by atoms with E-state index < -0.39 is 41.9 Å². The van der Waals surface area contributed by atoms with Gasteiger partial charge in [0.2, 0.25) is 17.7 Å². The number of alkyl halides is 1. The molecule has 5 atom stereocenters. The fourth-order valence-electron chi connectivity index (χ4n) is 11.3. The molecule has 16 heteroatoms. The van der Waals surface area contributed by atoms with Crippen LogP contribution in [0, 0.1) is 17.8 Å². The van der Waals surface area contributed by atoms with Crippen LogP contribution in [0.5, 0.6) is 5.75 Å². The first-order chi connectivity index (χ1) is 30.7. The lowest BCUT2D eigenvalue weighted by atomic mass is 9.75. The molecule has 15 nitrogen and oxygen atoms in total. The number of carbonyl (C=O) groups is 4. The number of nitrogens with zero attached hydrogens (tertiary/aromatic N) is 5. The van der Waals surface area contributed by atoms with Gasteiger partial charge in [-0.05, 0) is 132 Å². The van der Waals surface area contributed by atoms with E-state index in [1.165, 1.54) is 12.7 Å². The summed E-state index contributed by atoms with van der Waals surface area (Å²) in [4.78, 5) is 72.8. The average molecular weight is 883 g/mol. The van der Waals surface area contributed by atoms with Gasteiger partial charge in [0.15, 0.2) is 6.17 Å². The molecule has 344 valence electrons. The average Bonchev–Trinajstić information content (AvgIpc) is 3.71. The number of benzene rings is 2. The Morgan fingerprint density at radius 3 is 2.42 bits per heavy atom. The van der Waals surface area contributed by atoms with E-state index in [-0.39, 0.29) is 36.2 Å². The highest BCUT2D eigenvalue weighted by Gasteiger charge is 2.42. The third-order valence-electron chi connectivity index (χ3n) is 14.9. The largest absolute Gasteiger partial charge is 0.496 e. The van der Waals surface area contributed by atoms with Crippen molar-refractivity contribution in [1.82, 2.24) is 29.6 Å². The van der Waals surface area contributed by atoms with Crippen molar-refractivity contribution in [3.05, 3.63) is 68.6 Å². The van der Waals surface area contributed by atoms with Gasteiger partial charge in [0, 0.05) is 44.1 Å². The maximum atomic E-state index is 14.6. The molecule has 64 heavy (non-hydrogen) atoms. The summed E-state index contributed by atoms with van der Waals surface area (Å²) in [7, 11) is 5.50. The number of halogens is 1. The van der Waals surface area contributed by atoms with Gasteiger partial charge in [0.25, 0.3) is 11.8 Å². The number of nitrogens with one attached hydrogen (secondary N) is 2. The number of hydrogen-bond donors (Lipinski definition) is 3. The van der Waals surface area contributed by atoms with Crippen molar-refractivity contribution in [1.29, 1.82) is 0 Å². The zero-order valence-electron chi connectivity index (χ0n) is 38.0. The van der Waals surface area contributed by atoms with E-state index in [1.807, 2.05) is 26.0 Å². The quantitative estimate of drug-likeness (QED) is 0.219. The molecular weight excluding hydrogens is 820 g/mol. The van der Waals surface area contributed by atoms with Crippen LogP contribution < -0.4 is 26.8 Å². The molecule has 3 aromatic rings. The number of piperidine rings is 2. The van der Waals surface area contributed by atoms with E-state index in [0.717, 1.165) is 85.9 Å². The van der Waals surface area contributed by atoms with Crippen LogP contribution in [-0.2, 0) is 32.7 Å². The van der Waals surface area contributed by atoms with E-state index in [9.17, 15) is 28.4 Å². The van der Waals surface area contributed by atoms with Gasteiger partial charge in [-0.15, -0.1) is 0 Å². The van der Waals surface area contributed by atoms with Crippen LogP contribution in [0.25, 0.3) is 16.6 Å². The predicted molar refractivity (Wildman–Crippen MR) is 242 cm³/mol. The molecule has 0 radical (unpaired) electrons. The fraction of sp³-hybridized carbons (Fsp3) is 0.583. The summed E-state index contributed by atoms with van der Waals surface area (Å²) in [6.07, 6.45) is 5.84. The zero-order chi connectivity index (χ0) is 45.6. The molecule has 1 saturated carbocycles. The van der Waals surface area contributed by atoms with Gasteiger partial charge in [0.05, 0.1) is 35.8 Å². The highest BCUT2D eigenvalue weighted by atomic mass is 19.1. The Kier molecular flexibility index (Phi) is 13.2. The number of rotatable bonds is 12. The lowest BCUT2D eigenvalue weighted by Crippen LogP contribution is -2.44. The summed E-state index contributed by atoms with van der Waals surface area (Å²) in [6.45, 7) is 9.77. The molecule has 8 rings (SSSR count). The molecule has 2 unspecified atom stereocenters. The van der Waals surface area contributed by atoms with Gasteiger partial charge in [-0.2, -0.15) is 0 Å². The van der Waals surface area contributed by atoms with Crippen LogP contribution in [0.1, 0.15) is 112 Å². The van der Waals surface area contributed by atoms with E-state index in [1.54, 1.807) is 28.3 Å². The first-order valence-corrected chi connectivity index (χ1v) is 23.0. The molecule has 4 N–H and O–H groups in total. The van der Waals surface area contributed by atoms with Crippen molar-refractivity contribution in [3.63, 3.8) is 0 Å². The second kappa shape index (κ2) is 18.6. The summed E-state index contributed by atoms with van der Waals surface area (Å²) < 4.78 is 29.7. The Hall–Kier alpha value is -5.35. The summed E-state index contributed by atoms with van der Waals surface area (Å²) in [5, 5.41) is 5.13. The lowest BCUT2D eigenvalue weighted by molar-refractivity contribution is -0.135. The molecule has 5 heterocycles. The van der Waals surface area contributed by atoms with E-state index in [4.69, 9.17) is 20.2 Å². The molecule has 4 fully saturated rings. The number of allylic oxidation sites excluding steroid dienone is 1. The number of hydrogen-bond acceptors (Lipinski definition) is 10. The number of methoxy groups -OCH3 is 1. The number of para-hydroxylation sites is 1. The van der Waals surface area contributed by atoms with Crippen molar-refractivity contribution < 1.29 is 33.0 Å².